The second-order valence-corrected chi connectivity index (χ2v) is 13.1. The summed E-state index contributed by atoms with van der Waals surface area (Å²) in [5, 5.41) is 10.3. The van der Waals surface area contributed by atoms with E-state index in [2.05, 4.69) is 33.9 Å². The fourth-order valence-corrected chi connectivity index (χ4v) is 3.26. The van der Waals surface area contributed by atoms with Gasteiger partial charge in [0.2, 0.25) is 0 Å². The molecule has 1 rings (SSSR count). The minimum Gasteiger partial charge on any atom is -0.498 e. The highest BCUT2D eigenvalue weighted by Gasteiger charge is 2.37. The standard InChI is InChI=1S/C19H34O4Si/c1-8-22-16-10-12-19(5,17(21)13-16)11-9-15(20)14-23-24(6,7)18(2,3)4/h9,11,13,15,20H,8,10,12,14H2,1-7H3/b11-9+/t15-,19+/m1/s1. The molecule has 1 N–H and O–H groups in total. The van der Waals surface area contributed by atoms with Gasteiger partial charge < -0.3 is 14.3 Å². The van der Waals surface area contributed by atoms with E-state index in [-0.39, 0.29) is 17.4 Å². The Morgan fingerprint density at radius 1 is 1.42 bits per heavy atom. The van der Waals surface area contributed by atoms with E-state index in [9.17, 15) is 9.90 Å². The van der Waals surface area contributed by atoms with Gasteiger partial charge in [-0.15, -0.1) is 0 Å². The largest absolute Gasteiger partial charge is 0.498 e. The zero-order valence-corrected chi connectivity index (χ0v) is 17.3. The van der Waals surface area contributed by atoms with Crippen molar-refractivity contribution in [3.63, 3.8) is 0 Å². The van der Waals surface area contributed by atoms with Crippen LogP contribution in [0.3, 0.4) is 0 Å². The quantitative estimate of drug-likeness (QED) is 0.549. The SMILES string of the molecule is CCOC1=CC(=O)[C@@](C)(/C=C/[C@@H](O)CO[Si](C)(C)C(C)(C)C)CC1. The molecule has 0 saturated heterocycles. The van der Waals surface area contributed by atoms with Gasteiger partial charge in [-0.25, -0.2) is 0 Å². The summed E-state index contributed by atoms with van der Waals surface area (Å²) in [5.74, 6) is 0.793. The summed E-state index contributed by atoms with van der Waals surface area (Å²) in [6.07, 6.45) is 5.87. The van der Waals surface area contributed by atoms with Crippen LogP contribution in [0.5, 0.6) is 0 Å². The van der Waals surface area contributed by atoms with Gasteiger partial charge in [-0.1, -0.05) is 32.9 Å². The first-order valence-electron chi connectivity index (χ1n) is 8.80. The Morgan fingerprint density at radius 2 is 2.04 bits per heavy atom. The fraction of sp³-hybridized carbons (Fsp3) is 0.737. The van der Waals surface area contributed by atoms with Crippen LogP contribution in [0.2, 0.25) is 18.1 Å². The molecular weight excluding hydrogens is 320 g/mol. The van der Waals surface area contributed by atoms with Crippen molar-refractivity contribution in [2.24, 2.45) is 5.41 Å². The Hall–Kier alpha value is -0.913. The van der Waals surface area contributed by atoms with E-state index in [1.54, 1.807) is 12.2 Å². The number of aliphatic hydroxyl groups excluding tert-OH is 1. The predicted octanol–water partition coefficient (Wildman–Crippen LogP) is 4.21. The molecule has 0 fully saturated rings. The number of carbonyl (C=O) groups is 1. The molecule has 0 saturated carbocycles. The first kappa shape index (κ1) is 21.1. The van der Waals surface area contributed by atoms with Crippen LogP contribution < -0.4 is 0 Å². The lowest BCUT2D eigenvalue weighted by atomic mass is 9.77. The molecule has 0 aromatic heterocycles. The van der Waals surface area contributed by atoms with Gasteiger partial charge in [-0.3, -0.25) is 4.79 Å². The van der Waals surface area contributed by atoms with Gasteiger partial charge in [0.25, 0.3) is 0 Å². The number of ketones is 1. The maximum Gasteiger partial charge on any atom is 0.192 e. The molecule has 0 bridgehead atoms. The molecule has 0 aromatic rings. The number of hydrogen-bond donors (Lipinski definition) is 1. The van der Waals surface area contributed by atoms with E-state index >= 15 is 0 Å². The van der Waals surface area contributed by atoms with E-state index in [0.29, 0.717) is 13.0 Å². The molecule has 0 aromatic carbocycles. The number of hydrogen-bond acceptors (Lipinski definition) is 4. The smallest absolute Gasteiger partial charge is 0.192 e. The highest BCUT2D eigenvalue weighted by Crippen LogP contribution is 2.37. The zero-order chi connectivity index (χ0) is 18.6. The predicted molar refractivity (Wildman–Crippen MR) is 100 cm³/mol. The van der Waals surface area contributed by atoms with E-state index < -0.39 is 19.8 Å². The summed E-state index contributed by atoms with van der Waals surface area (Å²) >= 11 is 0. The summed E-state index contributed by atoms with van der Waals surface area (Å²) in [6.45, 7) is 15.5. The van der Waals surface area contributed by atoms with Crippen LogP contribution in [-0.2, 0) is 14.0 Å². The third-order valence-corrected chi connectivity index (χ3v) is 9.68. The lowest BCUT2D eigenvalue weighted by Crippen LogP contribution is -2.42. The number of rotatable bonds is 7. The first-order chi connectivity index (χ1) is 10.9. The molecule has 0 radical (unpaired) electrons. The van der Waals surface area contributed by atoms with Gasteiger partial charge in [-0.2, -0.15) is 0 Å². The molecule has 5 heteroatoms. The van der Waals surface area contributed by atoms with Crippen molar-refractivity contribution in [2.75, 3.05) is 13.2 Å². The minimum atomic E-state index is -1.87. The van der Waals surface area contributed by atoms with Crippen LogP contribution in [0.15, 0.2) is 24.0 Å². The molecule has 0 heterocycles. The van der Waals surface area contributed by atoms with Crippen molar-refractivity contribution >= 4 is 14.1 Å². The lowest BCUT2D eigenvalue weighted by Gasteiger charge is -2.36. The second-order valence-electron chi connectivity index (χ2n) is 8.32. The Kier molecular flexibility index (Phi) is 7.02. The monoisotopic (exact) mass is 354 g/mol. The third kappa shape index (κ3) is 5.57. The van der Waals surface area contributed by atoms with Gasteiger partial charge in [-0.05, 0) is 38.4 Å². The van der Waals surface area contributed by atoms with Crippen LogP contribution in [0.25, 0.3) is 0 Å². The van der Waals surface area contributed by atoms with Crippen molar-refractivity contribution in [3.05, 3.63) is 24.0 Å². The summed E-state index contributed by atoms with van der Waals surface area (Å²) < 4.78 is 11.5. The van der Waals surface area contributed by atoms with E-state index in [1.165, 1.54) is 0 Å². The number of allylic oxidation sites excluding steroid dienone is 3. The van der Waals surface area contributed by atoms with Gasteiger partial charge in [0.1, 0.15) is 0 Å². The van der Waals surface area contributed by atoms with Gasteiger partial charge >= 0.3 is 0 Å². The number of aliphatic hydroxyl groups is 1. The van der Waals surface area contributed by atoms with Crippen LogP contribution in [0.1, 0.15) is 47.5 Å². The topological polar surface area (TPSA) is 55.8 Å². The Bertz CT molecular complexity index is 502. The molecule has 1 aliphatic carbocycles. The summed E-state index contributed by atoms with van der Waals surface area (Å²) in [6, 6.07) is 0. The van der Waals surface area contributed by atoms with E-state index in [1.807, 2.05) is 19.9 Å². The number of ether oxygens (including phenoxy) is 1. The molecule has 4 nitrogen and oxygen atoms in total. The van der Waals surface area contributed by atoms with Gasteiger partial charge in [0.05, 0.1) is 25.1 Å². The van der Waals surface area contributed by atoms with Crippen molar-refractivity contribution in [1.82, 2.24) is 0 Å². The normalized spacial score (nSPS) is 24.2. The van der Waals surface area contributed by atoms with Crippen LogP contribution >= 0.6 is 0 Å². The van der Waals surface area contributed by atoms with Crippen molar-refractivity contribution in [3.8, 4) is 0 Å². The van der Waals surface area contributed by atoms with Crippen LogP contribution in [-0.4, -0.2) is 38.5 Å². The molecule has 2 atom stereocenters. The average molecular weight is 355 g/mol. The Labute approximate surface area is 148 Å². The molecule has 138 valence electrons. The Morgan fingerprint density at radius 3 is 2.54 bits per heavy atom. The lowest BCUT2D eigenvalue weighted by molar-refractivity contribution is -0.122. The molecule has 0 spiro atoms. The molecule has 0 unspecified atom stereocenters. The fourth-order valence-electron chi connectivity index (χ4n) is 2.24. The highest BCUT2D eigenvalue weighted by molar-refractivity contribution is 6.74. The molecule has 0 amide bonds. The van der Waals surface area contributed by atoms with Crippen LogP contribution in [0, 0.1) is 5.41 Å². The van der Waals surface area contributed by atoms with Crippen LogP contribution in [0.4, 0.5) is 0 Å². The summed E-state index contributed by atoms with van der Waals surface area (Å²) in [7, 11) is -1.87. The first-order valence-corrected chi connectivity index (χ1v) is 11.7. The maximum absolute atomic E-state index is 12.3. The van der Waals surface area contributed by atoms with Crippen molar-refractivity contribution in [2.45, 2.75) is 71.7 Å². The molecule has 0 aliphatic heterocycles. The van der Waals surface area contributed by atoms with Gasteiger partial charge in [0, 0.05) is 17.9 Å². The molecule has 24 heavy (non-hydrogen) atoms. The highest BCUT2D eigenvalue weighted by atomic mass is 28.4. The summed E-state index contributed by atoms with van der Waals surface area (Å²) in [5.41, 5.74) is -0.571. The van der Waals surface area contributed by atoms with Crippen molar-refractivity contribution in [1.29, 1.82) is 0 Å². The number of carbonyl (C=O) groups excluding carboxylic acids is 1. The minimum absolute atomic E-state index is 0.0333. The third-order valence-electron chi connectivity index (χ3n) is 5.18. The van der Waals surface area contributed by atoms with Gasteiger partial charge in [0.15, 0.2) is 14.1 Å². The maximum atomic E-state index is 12.3. The van der Waals surface area contributed by atoms with Crippen molar-refractivity contribution < 1.29 is 19.1 Å². The Balaban J connectivity index is 2.64. The van der Waals surface area contributed by atoms with E-state index in [0.717, 1.165) is 12.2 Å². The second kappa shape index (κ2) is 7.98. The molecular formula is C19H34O4Si. The average Bonchev–Trinajstić information content (AvgIpc) is 2.46. The zero-order valence-electron chi connectivity index (χ0n) is 16.3. The van der Waals surface area contributed by atoms with E-state index in [4.69, 9.17) is 9.16 Å². The molecule has 1 aliphatic rings. The summed E-state index contributed by atoms with van der Waals surface area (Å²) in [4.78, 5) is 12.3.